The number of benzene rings is 1. The fourth-order valence-electron chi connectivity index (χ4n) is 4.62. The smallest absolute Gasteiger partial charge is 0.227 e. The number of amides is 1. The SMILES string of the molecule is Cc1c(CC(=O)N2CC[C@H](O)C2)c2c(n1CCc1ccccc1)CCCC2=O. The van der Waals surface area contributed by atoms with E-state index < -0.39 is 6.10 Å². The molecule has 0 radical (unpaired) electrons. The summed E-state index contributed by atoms with van der Waals surface area (Å²) in [4.78, 5) is 27.2. The third kappa shape index (κ3) is 3.63. The van der Waals surface area contributed by atoms with Crippen LogP contribution >= 0.6 is 0 Å². The van der Waals surface area contributed by atoms with Crippen LogP contribution in [-0.4, -0.2) is 45.5 Å². The lowest BCUT2D eigenvalue weighted by atomic mass is 9.92. The summed E-state index contributed by atoms with van der Waals surface area (Å²) >= 11 is 0. The lowest BCUT2D eigenvalue weighted by molar-refractivity contribution is -0.129. The van der Waals surface area contributed by atoms with Crippen molar-refractivity contribution in [2.45, 2.75) is 58.1 Å². The highest BCUT2D eigenvalue weighted by atomic mass is 16.3. The molecule has 0 unspecified atom stereocenters. The Morgan fingerprint density at radius 1 is 1.21 bits per heavy atom. The monoisotopic (exact) mass is 380 g/mol. The molecule has 1 aromatic carbocycles. The number of Topliss-reactive ketones (excluding diaryl/α,β-unsaturated/α-hetero) is 1. The van der Waals surface area contributed by atoms with Gasteiger partial charge in [0.2, 0.25) is 5.91 Å². The van der Waals surface area contributed by atoms with Gasteiger partial charge in [0, 0.05) is 43.0 Å². The molecule has 1 saturated heterocycles. The van der Waals surface area contributed by atoms with Gasteiger partial charge in [-0.15, -0.1) is 0 Å². The average Bonchev–Trinajstić information content (AvgIpc) is 3.24. The second-order valence-electron chi connectivity index (χ2n) is 8.01. The summed E-state index contributed by atoms with van der Waals surface area (Å²) in [6.07, 6.45) is 3.72. The van der Waals surface area contributed by atoms with Crippen LogP contribution in [0, 0.1) is 6.92 Å². The van der Waals surface area contributed by atoms with E-state index in [1.807, 2.05) is 25.1 Å². The summed E-state index contributed by atoms with van der Waals surface area (Å²) in [6.45, 7) is 3.87. The first-order valence-electron chi connectivity index (χ1n) is 10.3. The third-order valence-electron chi connectivity index (χ3n) is 6.17. The molecule has 1 fully saturated rings. The summed E-state index contributed by atoms with van der Waals surface area (Å²) < 4.78 is 2.26. The fourth-order valence-corrected chi connectivity index (χ4v) is 4.62. The van der Waals surface area contributed by atoms with Gasteiger partial charge in [-0.05, 0) is 43.7 Å². The zero-order valence-corrected chi connectivity index (χ0v) is 16.5. The van der Waals surface area contributed by atoms with E-state index >= 15 is 0 Å². The van der Waals surface area contributed by atoms with Crippen LogP contribution in [0.2, 0.25) is 0 Å². The molecule has 1 N–H and O–H groups in total. The molecule has 2 heterocycles. The number of rotatable bonds is 5. The molecule has 148 valence electrons. The number of hydrogen-bond donors (Lipinski definition) is 1. The minimum absolute atomic E-state index is 0.0148. The Bertz CT molecular complexity index is 885. The Balaban J connectivity index is 1.61. The number of nitrogens with zero attached hydrogens (tertiary/aromatic N) is 2. The van der Waals surface area contributed by atoms with Gasteiger partial charge in [0.25, 0.3) is 0 Å². The molecule has 5 nitrogen and oxygen atoms in total. The Morgan fingerprint density at radius 3 is 2.71 bits per heavy atom. The number of fused-ring (bicyclic) bond motifs is 1. The fraction of sp³-hybridized carbons (Fsp3) is 0.478. The van der Waals surface area contributed by atoms with E-state index in [0.29, 0.717) is 25.9 Å². The van der Waals surface area contributed by atoms with Crippen molar-refractivity contribution in [2.75, 3.05) is 13.1 Å². The number of β-amino-alcohol motifs (C(OH)–C–C–N with tert-alkyl or cyclic N) is 1. The predicted molar refractivity (Wildman–Crippen MR) is 107 cm³/mol. The van der Waals surface area contributed by atoms with Gasteiger partial charge in [-0.1, -0.05) is 30.3 Å². The summed E-state index contributed by atoms with van der Waals surface area (Å²) in [5, 5.41) is 9.73. The molecule has 4 rings (SSSR count). The number of aliphatic hydroxyl groups is 1. The van der Waals surface area contributed by atoms with Crippen LogP contribution in [0.5, 0.6) is 0 Å². The van der Waals surface area contributed by atoms with Crippen molar-refractivity contribution in [1.29, 1.82) is 0 Å². The van der Waals surface area contributed by atoms with Gasteiger partial charge < -0.3 is 14.6 Å². The van der Waals surface area contributed by atoms with Crippen molar-refractivity contribution in [1.82, 2.24) is 9.47 Å². The van der Waals surface area contributed by atoms with Gasteiger partial charge in [-0.2, -0.15) is 0 Å². The maximum absolute atomic E-state index is 12.8. The number of aryl methyl sites for hydroxylation is 1. The van der Waals surface area contributed by atoms with E-state index in [1.165, 1.54) is 5.56 Å². The molecule has 0 bridgehead atoms. The molecule has 2 aromatic rings. The molecular weight excluding hydrogens is 352 g/mol. The van der Waals surface area contributed by atoms with Crippen molar-refractivity contribution >= 4 is 11.7 Å². The van der Waals surface area contributed by atoms with Crippen LogP contribution in [0.25, 0.3) is 0 Å². The van der Waals surface area contributed by atoms with Crippen LogP contribution in [-0.2, 0) is 30.6 Å². The molecule has 28 heavy (non-hydrogen) atoms. The highest BCUT2D eigenvalue weighted by Crippen LogP contribution is 2.31. The second kappa shape index (κ2) is 7.92. The van der Waals surface area contributed by atoms with E-state index in [-0.39, 0.29) is 18.1 Å². The molecule has 2 aliphatic rings. The second-order valence-corrected chi connectivity index (χ2v) is 8.01. The molecule has 0 spiro atoms. The van der Waals surface area contributed by atoms with E-state index in [0.717, 1.165) is 48.3 Å². The van der Waals surface area contributed by atoms with Crippen molar-refractivity contribution in [2.24, 2.45) is 0 Å². The van der Waals surface area contributed by atoms with Crippen molar-refractivity contribution in [3.8, 4) is 0 Å². The minimum Gasteiger partial charge on any atom is -0.391 e. The van der Waals surface area contributed by atoms with Crippen molar-refractivity contribution < 1.29 is 14.7 Å². The molecule has 0 saturated carbocycles. The van der Waals surface area contributed by atoms with Gasteiger partial charge in [0.05, 0.1) is 12.5 Å². The van der Waals surface area contributed by atoms with Gasteiger partial charge in [0.15, 0.2) is 5.78 Å². The number of likely N-dealkylation sites (tertiary alicyclic amines) is 1. The Kier molecular flexibility index (Phi) is 5.36. The maximum atomic E-state index is 12.8. The number of hydrogen-bond acceptors (Lipinski definition) is 3. The molecular formula is C23H28N2O3. The number of ketones is 1. The summed E-state index contributed by atoms with van der Waals surface area (Å²) in [5.41, 5.74) is 5.12. The minimum atomic E-state index is -0.420. The number of aromatic nitrogens is 1. The zero-order valence-electron chi connectivity index (χ0n) is 16.5. The average molecular weight is 380 g/mol. The quantitative estimate of drug-likeness (QED) is 0.868. The molecule has 5 heteroatoms. The summed E-state index contributed by atoms with van der Waals surface area (Å²) in [7, 11) is 0. The lowest BCUT2D eigenvalue weighted by Gasteiger charge is -2.17. The summed E-state index contributed by atoms with van der Waals surface area (Å²) in [5.74, 6) is 0.188. The van der Waals surface area contributed by atoms with Crippen LogP contribution in [0.15, 0.2) is 30.3 Å². The van der Waals surface area contributed by atoms with E-state index in [1.54, 1.807) is 4.90 Å². The standard InChI is InChI=1S/C23H28N2O3/c1-16-19(14-22(28)24-12-11-18(26)15-24)23-20(8-5-9-21(23)27)25(16)13-10-17-6-3-2-4-7-17/h2-4,6-7,18,26H,5,8-15H2,1H3/t18-/m0/s1. The number of carbonyl (C=O) groups excluding carboxylic acids is 2. The number of aliphatic hydroxyl groups excluding tert-OH is 1. The molecule has 1 aromatic heterocycles. The third-order valence-corrected chi connectivity index (χ3v) is 6.17. The maximum Gasteiger partial charge on any atom is 0.227 e. The van der Waals surface area contributed by atoms with Crippen molar-refractivity contribution in [3.05, 3.63) is 58.4 Å². The number of carbonyl (C=O) groups is 2. The van der Waals surface area contributed by atoms with Gasteiger partial charge >= 0.3 is 0 Å². The van der Waals surface area contributed by atoms with Crippen molar-refractivity contribution in [3.63, 3.8) is 0 Å². The predicted octanol–water partition coefficient (Wildman–Crippen LogP) is 2.69. The van der Waals surface area contributed by atoms with Gasteiger partial charge in [-0.25, -0.2) is 0 Å². The Labute approximate surface area is 166 Å². The molecule has 1 amide bonds. The molecule has 1 atom stereocenters. The normalized spacial score (nSPS) is 19.1. The first-order chi connectivity index (χ1) is 13.5. The summed E-state index contributed by atoms with van der Waals surface area (Å²) in [6, 6.07) is 10.4. The van der Waals surface area contributed by atoms with Crippen LogP contribution in [0.4, 0.5) is 0 Å². The van der Waals surface area contributed by atoms with Gasteiger partial charge in [-0.3, -0.25) is 9.59 Å². The Morgan fingerprint density at radius 2 is 2.00 bits per heavy atom. The van der Waals surface area contributed by atoms with Crippen LogP contribution < -0.4 is 0 Å². The highest BCUT2D eigenvalue weighted by molar-refractivity contribution is 6.01. The van der Waals surface area contributed by atoms with Gasteiger partial charge in [0.1, 0.15) is 0 Å². The zero-order chi connectivity index (χ0) is 19.7. The lowest BCUT2D eigenvalue weighted by Crippen LogP contribution is -2.31. The van der Waals surface area contributed by atoms with E-state index in [4.69, 9.17) is 0 Å². The van der Waals surface area contributed by atoms with Crippen LogP contribution in [0.1, 0.15) is 52.1 Å². The van der Waals surface area contributed by atoms with E-state index in [9.17, 15) is 14.7 Å². The first-order valence-corrected chi connectivity index (χ1v) is 10.3. The Hall–Kier alpha value is -2.40. The molecule has 1 aliphatic carbocycles. The van der Waals surface area contributed by atoms with Crippen LogP contribution in [0.3, 0.4) is 0 Å². The highest BCUT2D eigenvalue weighted by Gasteiger charge is 2.31. The molecule has 1 aliphatic heterocycles. The largest absolute Gasteiger partial charge is 0.391 e. The van der Waals surface area contributed by atoms with E-state index in [2.05, 4.69) is 16.7 Å². The topological polar surface area (TPSA) is 62.5 Å². The first kappa shape index (κ1) is 18.9.